The molecule has 0 saturated heterocycles. The second-order valence-corrected chi connectivity index (χ2v) is 6.89. The van der Waals surface area contributed by atoms with Crippen molar-refractivity contribution in [3.05, 3.63) is 54.1 Å². The molecule has 0 radical (unpaired) electrons. The molecule has 0 aliphatic heterocycles. The van der Waals surface area contributed by atoms with Crippen LogP contribution in [0.2, 0.25) is 0 Å². The van der Waals surface area contributed by atoms with Crippen LogP contribution in [0.15, 0.2) is 42.7 Å². The topological polar surface area (TPSA) is 107 Å². The Morgan fingerprint density at radius 2 is 2.04 bits per heavy atom. The Morgan fingerprint density at radius 1 is 1.11 bits per heavy atom. The molecular weight excluding hydrogens is 340 g/mol. The molecule has 1 aliphatic rings. The van der Waals surface area contributed by atoms with E-state index in [0.717, 1.165) is 22.5 Å². The standard InChI is InChI=1S/C19H20N8/c1-11(13-4-5-14-15(23-13)6-8-20-14)22-19-21-9-7-17(25-19)24-18-10-16(26-27-18)12-2-3-12/h4-12,20H,2-3H2,1H3,(H3,21,22,24,25,26,27)/t11-/m0/s1. The van der Waals surface area contributed by atoms with Crippen LogP contribution in [0.3, 0.4) is 0 Å². The summed E-state index contributed by atoms with van der Waals surface area (Å²) < 4.78 is 0. The summed E-state index contributed by atoms with van der Waals surface area (Å²) in [5.41, 5.74) is 4.09. The number of aromatic amines is 2. The zero-order valence-electron chi connectivity index (χ0n) is 14.9. The Labute approximate surface area is 155 Å². The number of nitrogens with one attached hydrogen (secondary N) is 4. The number of pyridine rings is 1. The Morgan fingerprint density at radius 3 is 2.93 bits per heavy atom. The maximum absolute atomic E-state index is 4.67. The van der Waals surface area contributed by atoms with Crippen molar-refractivity contribution in [1.82, 2.24) is 30.1 Å². The molecule has 27 heavy (non-hydrogen) atoms. The van der Waals surface area contributed by atoms with Gasteiger partial charge in [0.2, 0.25) is 5.95 Å². The van der Waals surface area contributed by atoms with Gasteiger partial charge in [0.15, 0.2) is 5.82 Å². The molecule has 0 unspecified atom stereocenters. The predicted octanol–water partition coefficient (Wildman–Crippen LogP) is 3.87. The van der Waals surface area contributed by atoms with Crippen molar-refractivity contribution in [3.8, 4) is 0 Å². The number of nitrogens with zero attached hydrogens (tertiary/aromatic N) is 4. The average Bonchev–Trinajstić information content (AvgIpc) is 3.23. The second-order valence-electron chi connectivity index (χ2n) is 6.89. The summed E-state index contributed by atoms with van der Waals surface area (Å²) in [7, 11) is 0. The molecule has 4 aromatic rings. The van der Waals surface area contributed by atoms with E-state index in [4.69, 9.17) is 0 Å². The lowest BCUT2D eigenvalue weighted by Gasteiger charge is -2.14. The maximum Gasteiger partial charge on any atom is 0.225 e. The summed E-state index contributed by atoms with van der Waals surface area (Å²) >= 11 is 0. The number of hydrogen-bond donors (Lipinski definition) is 4. The molecule has 8 nitrogen and oxygen atoms in total. The van der Waals surface area contributed by atoms with Crippen LogP contribution in [-0.2, 0) is 0 Å². The summed E-state index contributed by atoms with van der Waals surface area (Å²) in [6.45, 7) is 2.04. The van der Waals surface area contributed by atoms with Crippen LogP contribution in [0.25, 0.3) is 11.0 Å². The first-order chi connectivity index (χ1) is 13.2. The fraction of sp³-hybridized carbons (Fsp3) is 0.263. The van der Waals surface area contributed by atoms with Crippen LogP contribution in [0.5, 0.6) is 0 Å². The SMILES string of the molecule is C[C@H](Nc1nccc(Nc2cc(C3CC3)[nH]n2)n1)c1ccc2[nH]ccc2n1. The fourth-order valence-electron chi connectivity index (χ4n) is 3.09. The molecule has 0 aromatic carbocycles. The smallest absolute Gasteiger partial charge is 0.225 e. The third kappa shape index (κ3) is 3.33. The average molecular weight is 360 g/mol. The van der Waals surface area contributed by atoms with Gasteiger partial charge < -0.3 is 15.6 Å². The van der Waals surface area contributed by atoms with Crippen LogP contribution < -0.4 is 10.6 Å². The number of aromatic nitrogens is 6. The van der Waals surface area contributed by atoms with Crippen LogP contribution in [0.1, 0.15) is 43.1 Å². The van der Waals surface area contributed by atoms with E-state index in [-0.39, 0.29) is 6.04 Å². The molecule has 1 saturated carbocycles. The highest BCUT2D eigenvalue weighted by Crippen LogP contribution is 2.39. The van der Waals surface area contributed by atoms with E-state index in [1.54, 1.807) is 6.20 Å². The van der Waals surface area contributed by atoms with Gasteiger partial charge in [0, 0.05) is 30.1 Å². The molecule has 1 fully saturated rings. The zero-order chi connectivity index (χ0) is 18.2. The summed E-state index contributed by atoms with van der Waals surface area (Å²) in [5, 5.41) is 13.9. The summed E-state index contributed by atoms with van der Waals surface area (Å²) in [6, 6.07) is 9.85. The van der Waals surface area contributed by atoms with E-state index in [1.165, 1.54) is 18.5 Å². The highest BCUT2D eigenvalue weighted by Gasteiger charge is 2.25. The Hall–Kier alpha value is -3.42. The largest absolute Gasteiger partial charge is 0.360 e. The van der Waals surface area contributed by atoms with Crippen molar-refractivity contribution >= 4 is 28.6 Å². The first-order valence-electron chi connectivity index (χ1n) is 9.10. The van der Waals surface area contributed by atoms with Crippen LogP contribution in [0.4, 0.5) is 17.6 Å². The van der Waals surface area contributed by atoms with Gasteiger partial charge in [-0.2, -0.15) is 10.1 Å². The quantitative estimate of drug-likeness (QED) is 0.416. The monoisotopic (exact) mass is 360 g/mol. The maximum atomic E-state index is 4.67. The number of fused-ring (bicyclic) bond motifs is 1. The molecule has 0 spiro atoms. The van der Waals surface area contributed by atoms with Gasteiger partial charge in [-0.3, -0.25) is 5.10 Å². The van der Waals surface area contributed by atoms with Crippen molar-refractivity contribution in [2.24, 2.45) is 0 Å². The van der Waals surface area contributed by atoms with E-state index in [1.807, 2.05) is 43.5 Å². The van der Waals surface area contributed by atoms with Crippen LogP contribution >= 0.6 is 0 Å². The minimum absolute atomic E-state index is 0.0218. The number of H-pyrrole nitrogens is 2. The summed E-state index contributed by atoms with van der Waals surface area (Å²) in [5.74, 6) is 2.65. The minimum Gasteiger partial charge on any atom is -0.360 e. The number of anilines is 3. The molecule has 0 bridgehead atoms. The van der Waals surface area contributed by atoms with E-state index < -0.39 is 0 Å². The molecule has 1 aliphatic carbocycles. The van der Waals surface area contributed by atoms with Crippen molar-refractivity contribution in [2.75, 3.05) is 10.6 Å². The van der Waals surface area contributed by atoms with E-state index >= 15 is 0 Å². The lowest BCUT2D eigenvalue weighted by Crippen LogP contribution is -2.11. The third-order valence-electron chi connectivity index (χ3n) is 4.74. The van der Waals surface area contributed by atoms with Gasteiger partial charge in [-0.15, -0.1) is 0 Å². The predicted molar refractivity (Wildman–Crippen MR) is 104 cm³/mol. The minimum atomic E-state index is -0.0218. The molecule has 1 atom stereocenters. The van der Waals surface area contributed by atoms with Gasteiger partial charge in [-0.25, -0.2) is 9.97 Å². The summed E-state index contributed by atoms with van der Waals surface area (Å²) in [4.78, 5) is 16.7. The van der Waals surface area contributed by atoms with Gasteiger partial charge in [-0.1, -0.05) is 0 Å². The molecule has 8 heteroatoms. The number of hydrogen-bond acceptors (Lipinski definition) is 6. The Balaban J connectivity index is 1.30. The van der Waals surface area contributed by atoms with E-state index in [9.17, 15) is 0 Å². The molecule has 4 aromatic heterocycles. The highest BCUT2D eigenvalue weighted by atomic mass is 15.2. The van der Waals surface area contributed by atoms with E-state index in [0.29, 0.717) is 17.7 Å². The first kappa shape index (κ1) is 15.8. The third-order valence-corrected chi connectivity index (χ3v) is 4.74. The van der Waals surface area contributed by atoms with Gasteiger partial charge in [0.1, 0.15) is 5.82 Å². The Kier molecular flexibility index (Phi) is 3.74. The normalized spacial score (nSPS) is 15.0. The lowest BCUT2D eigenvalue weighted by atomic mass is 10.2. The lowest BCUT2D eigenvalue weighted by molar-refractivity contribution is 0.828. The van der Waals surface area contributed by atoms with Gasteiger partial charge in [0.05, 0.1) is 22.8 Å². The fourth-order valence-corrected chi connectivity index (χ4v) is 3.09. The van der Waals surface area contributed by atoms with Crippen LogP contribution in [-0.4, -0.2) is 30.1 Å². The first-order valence-corrected chi connectivity index (χ1v) is 9.10. The molecule has 5 rings (SSSR count). The number of rotatable bonds is 6. The van der Waals surface area contributed by atoms with Crippen molar-refractivity contribution in [1.29, 1.82) is 0 Å². The zero-order valence-corrected chi connectivity index (χ0v) is 14.9. The summed E-state index contributed by atoms with van der Waals surface area (Å²) in [6.07, 6.45) is 6.09. The molecule has 136 valence electrons. The van der Waals surface area contributed by atoms with Crippen molar-refractivity contribution < 1.29 is 0 Å². The second kappa shape index (κ2) is 6.39. The van der Waals surface area contributed by atoms with Gasteiger partial charge in [-0.05, 0) is 44.0 Å². The molecule has 0 amide bonds. The van der Waals surface area contributed by atoms with Crippen LogP contribution in [0, 0.1) is 0 Å². The van der Waals surface area contributed by atoms with Gasteiger partial charge in [0.25, 0.3) is 0 Å². The molecular formula is C19H20N8. The Bertz CT molecular complexity index is 1080. The van der Waals surface area contributed by atoms with Gasteiger partial charge >= 0.3 is 0 Å². The van der Waals surface area contributed by atoms with Crippen molar-refractivity contribution in [3.63, 3.8) is 0 Å². The highest BCUT2D eigenvalue weighted by molar-refractivity contribution is 5.74. The molecule has 4 heterocycles. The molecule has 4 N–H and O–H groups in total. The van der Waals surface area contributed by atoms with Crippen molar-refractivity contribution in [2.45, 2.75) is 31.7 Å². The van der Waals surface area contributed by atoms with E-state index in [2.05, 4.69) is 40.8 Å².